The summed E-state index contributed by atoms with van der Waals surface area (Å²) in [6.45, 7) is 2.68. The number of hydrogen-bond donors (Lipinski definition) is 4. The van der Waals surface area contributed by atoms with Crippen molar-refractivity contribution in [3.8, 4) is 0 Å². The molecule has 18 heavy (non-hydrogen) atoms. The number of carboxylic acid groups (broad SMARTS) is 1. The number of primary amides is 1. The zero-order valence-electron chi connectivity index (χ0n) is 10.4. The van der Waals surface area contributed by atoms with E-state index in [0.717, 1.165) is 0 Å². The average Bonchev–Trinajstić information content (AvgIpc) is 2.24. The summed E-state index contributed by atoms with van der Waals surface area (Å²) < 4.78 is 4.76. The van der Waals surface area contributed by atoms with Crippen LogP contribution in [0.5, 0.6) is 0 Å². The minimum absolute atomic E-state index is 0.179. The summed E-state index contributed by atoms with van der Waals surface area (Å²) in [6, 6.07) is 0. The highest BCUT2D eigenvalue weighted by Crippen LogP contribution is 2.17. The normalized spacial score (nSPS) is 14.7. The third-order valence-corrected chi connectivity index (χ3v) is 2.46. The van der Waals surface area contributed by atoms with Crippen molar-refractivity contribution in [2.24, 2.45) is 17.2 Å². The standard InChI is InChI=1S/C10H19N3O5/c1-9(2,6(12)14)18-8(17)10(13,7(15)16)4-3-5-11/h3-5,11,13H2,1-2H3,(H2,12,14)(H,15,16)/t10-/m0/s1. The zero-order chi connectivity index (χ0) is 14.6. The molecule has 0 saturated heterocycles. The number of carboxylic acids is 1. The highest BCUT2D eigenvalue weighted by atomic mass is 16.6. The van der Waals surface area contributed by atoms with E-state index in [2.05, 4.69) is 0 Å². The molecule has 8 heteroatoms. The van der Waals surface area contributed by atoms with Crippen LogP contribution in [0.4, 0.5) is 0 Å². The highest BCUT2D eigenvalue weighted by molar-refractivity contribution is 6.04. The molecule has 0 aromatic carbocycles. The van der Waals surface area contributed by atoms with E-state index in [9.17, 15) is 14.4 Å². The van der Waals surface area contributed by atoms with Crippen molar-refractivity contribution in [2.75, 3.05) is 6.54 Å². The number of amides is 1. The highest BCUT2D eigenvalue weighted by Gasteiger charge is 2.46. The van der Waals surface area contributed by atoms with Crippen molar-refractivity contribution < 1.29 is 24.2 Å². The van der Waals surface area contributed by atoms with Gasteiger partial charge in [-0.1, -0.05) is 0 Å². The van der Waals surface area contributed by atoms with Crippen LogP contribution in [0.2, 0.25) is 0 Å². The number of nitrogens with two attached hydrogens (primary N) is 3. The third-order valence-electron chi connectivity index (χ3n) is 2.46. The molecule has 0 aliphatic rings. The molecule has 0 aromatic rings. The smallest absolute Gasteiger partial charge is 0.338 e. The van der Waals surface area contributed by atoms with Crippen molar-refractivity contribution >= 4 is 17.8 Å². The Morgan fingerprint density at radius 3 is 2.11 bits per heavy atom. The van der Waals surface area contributed by atoms with E-state index >= 15 is 0 Å². The van der Waals surface area contributed by atoms with Gasteiger partial charge >= 0.3 is 11.9 Å². The van der Waals surface area contributed by atoms with E-state index in [1.54, 1.807) is 0 Å². The Labute approximate surface area is 104 Å². The van der Waals surface area contributed by atoms with Gasteiger partial charge in [-0.2, -0.15) is 0 Å². The molecule has 0 unspecified atom stereocenters. The molecule has 7 N–H and O–H groups in total. The van der Waals surface area contributed by atoms with Gasteiger partial charge in [-0.25, -0.2) is 9.59 Å². The molecule has 0 fully saturated rings. The largest absolute Gasteiger partial charge is 0.479 e. The maximum atomic E-state index is 11.8. The van der Waals surface area contributed by atoms with Crippen LogP contribution in [0.15, 0.2) is 0 Å². The molecule has 0 saturated carbocycles. The van der Waals surface area contributed by atoms with E-state index in [1.807, 2.05) is 0 Å². The van der Waals surface area contributed by atoms with Crippen LogP contribution >= 0.6 is 0 Å². The Bertz CT molecular complexity index is 355. The molecule has 1 amide bonds. The van der Waals surface area contributed by atoms with Crippen molar-refractivity contribution in [3.63, 3.8) is 0 Å². The lowest BCUT2D eigenvalue weighted by Gasteiger charge is -2.28. The van der Waals surface area contributed by atoms with E-state index in [1.165, 1.54) is 13.8 Å². The minimum Gasteiger partial charge on any atom is -0.479 e. The average molecular weight is 261 g/mol. The Balaban J connectivity index is 5.00. The molecule has 0 aliphatic heterocycles. The number of esters is 1. The molecule has 104 valence electrons. The minimum atomic E-state index is -2.23. The van der Waals surface area contributed by atoms with Gasteiger partial charge in [0.15, 0.2) is 5.60 Å². The fourth-order valence-corrected chi connectivity index (χ4v) is 1.05. The van der Waals surface area contributed by atoms with Gasteiger partial charge in [0.2, 0.25) is 5.54 Å². The summed E-state index contributed by atoms with van der Waals surface area (Å²) in [4.78, 5) is 33.8. The van der Waals surface area contributed by atoms with Gasteiger partial charge < -0.3 is 27.0 Å². The van der Waals surface area contributed by atoms with Crippen molar-refractivity contribution in [3.05, 3.63) is 0 Å². The molecule has 0 aromatic heterocycles. The lowest BCUT2D eigenvalue weighted by molar-refractivity contribution is -0.174. The molecule has 0 aliphatic carbocycles. The molecule has 0 rings (SSSR count). The summed E-state index contributed by atoms with van der Waals surface area (Å²) >= 11 is 0. The number of ether oxygens (including phenoxy) is 1. The molecule has 0 bridgehead atoms. The molecule has 0 heterocycles. The van der Waals surface area contributed by atoms with Gasteiger partial charge in [-0.15, -0.1) is 0 Å². The van der Waals surface area contributed by atoms with E-state index in [0.29, 0.717) is 0 Å². The van der Waals surface area contributed by atoms with Gasteiger partial charge in [0, 0.05) is 0 Å². The summed E-state index contributed by atoms with van der Waals surface area (Å²) in [7, 11) is 0. The summed E-state index contributed by atoms with van der Waals surface area (Å²) in [5, 5.41) is 8.98. The number of rotatable bonds is 7. The number of carbonyl (C=O) groups excluding carboxylic acids is 2. The Morgan fingerprint density at radius 2 is 1.78 bits per heavy atom. The molecule has 0 radical (unpaired) electrons. The third kappa shape index (κ3) is 3.67. The van der Waals surface area contributed by atoms with Crippen molar-refractivity contribution in [1.29, 1.82) is 0 Å². The first-order valence-corrected chi connectivity index (χ1v) is 5.33. The van der Waals surface area contributed by atoms with Crippen molar-refractivity contribution in [1.82, 2.24) is 0 Å². The van der Waals surface area contributed by atoms with Crippen LogP contribution in [0.25, 0.3) is 0 Å². The monoisotopic (exact) mass is 261 g/mol. The first-order chi connectivity index (χ1) is 8.08. The van der Waals surface area contributed by atoms with Crippen LogP contribution in [0.1, 0.15) is 26.7 Å². The molecule has 0 spiro atoms. The van der Waals surface area contributed by atoms with Gasteiger partial charge in [0.25, 0.3) is 5.91 Å². The molecule has 1 atom stereocenters. The van der Waals surface area contributed by atoms with Crippen LogP contribution < -0.4 is 17.2 Å². The molecular formula is C10H19N3O5. The lowest BCUT2D eigenvalue weighted by atomic mass is 9.94. The van der Waals surface area contributed by atoms with Gasteiger partial charge in [-0.3, -0.25) is 4.79 Å². The van der Waals surface area contributed by atoms with Crippen LogP contribution in [-0.4, -0.2) is 40.6 Å². The second kappa shape index (κ2) is 5.78. The van der Waals surface area contributed by atoms with Crippen molar-refractivity contribution in [2.45, 2.75) is 37.8 Å². The van der Waals surface area contributed by atoms with Crippen LogP contribution in [-0.2, 0) is 19.1 Å². The SMILES string of the molecule is CC(C)(OC(=O)[C@](N)(CCCN)C(=O)O)C(N)=O. The molecule has 8 nitrogen and oxygen atoms in total. The number of hydrogen-bond acceptors (Lipinski definition) is 6. The topological polar surface area (TPSA) is 159 Å². The Kier molecular flexibility index (Phi) is 5.25. The van der Waals surface area contributed by atoms with Gasteiger partial charge in [0.05, 0.1) is 0 Å². The predicted octanol–water partition coefficient (Wildman–Crippen LogP) is -1.69. The Hall–Kier alpha value is -1.67. The Morgan fingerprint density at radius 1 is 1.28 bits per heavy atom. The number of carbonyl (C=O) groups is 3. The zero-order valence-corrected chi connectivity index (χ0v) is 10.4. The van der Waals surface area contributed by atoms with Crippen LogP contribution in [0, 0.1) is 0 Å². The first-order valence-electron chi connectivity index (χ1n) is 5.33. The summed E-state index contributed by atoms with van der Waals surface area (Å²) in [5.41, 5.74) is 11.9. The van der Waals surface area contributed by atoms with Gasteiger partial charge in [0.1, 0.15) is 0 Å². The fourth-order valence-electron chi connectivity index (χ4n) is 1.05. The van der Waals surface area contributed by atoms with E-state index in [-0.39, 0.29) is 19.4 Å². The fraction of sp³-hybridized carbons (Fsp3) is 0.700. The van der Waals surface area contributed by atoms with Gasteiger partial charge in [-0.05, 0) is 33.2 Å². The van der Waals surface area contributed by atoms with Crippen LogP contribution in [0.3, 0.4) is 0 Å². The lowest BCUT2D eigenvalue weighted by Crippen LogP contribution is -2.58. The molecular weight excluding hydrogens is 242 g/mol. The maximum Gasteiger partial charge on any atom is 0.338 e. The quantitative estimate of drug-likeness (QED) is 0.314. The maximum absolute atomic E-state index is 11.8. The summed E-state index contributed by atoms with van der Waals surface area (Å²) in [5.74, 6) is -3.66. The second-order valence-corrected chi connectivity index (χ2v) is 4.43. The first kappa shape index (κ1) is 16.3. The summed E-state index contributed by atoms with van der Waals surface area (Å²) in [6.07, 6.45) is 0.0431. The predicted molar refractivity (Wildman–Crippen MR) is 62.2 cm³/mol. The van der Waals surface area contributed by atoms with E-state index < -0.39 is 29.0 Å². The van der Waals surface area contributed by atoms with E-state index in [4.69, 9.17) is 27.0 Å². The number of aliphatic carboxylic acids is 1. The second-order valence-electron chi connectivity index (χ2n) is 4.43.